The number of hydrogen-bond donors (Lipinski definition) is 0. The highest BCUT2D eigenvalue weighted by atomic mass is 32.2. The summed E-state index contributed by atoms with van der Waals surface area (Å²) in [6.45, 7) is 9.61. The van der Waals surface area contributed by atoms with Gasteiger partial charge in [0.1, 0.15) is 12.4 Å². The SMILES string of the molecule is O=C(COc1ccc2ccccc2c1CN1CCOCC1)OCCN1CCN(CCCN2c3ccccc3Sc3ccc(C(F)(F)F)cc32)CC1. The van der Waals surface area contributed by atoms with Gasteiger partial charge in [0.15, 0.2) is 6.61 Å². The minimum atomic E-state index is -4.39. The summed E-state index contributed by atoms with van der Waals surface area (Å²) >= 11 is 1.52. The monoisotopic (exact) mass is 720 g/mol. The molecule has 270 valence electrons. The molecule has 4 aromatic rings. The number of piperazine rings is 1. The van der Waals surface area contributed by atoms with Crippen LogP contribution in [0.15, 0.2) is 88.7 Å². The van der Waals surface area contributed by atoms with Crippen molar-refractivity contribution in [2.75, 3.05) is 90.2 Å². The van der Waals surface area contributed by atoms with E-state index in [9.17, 15) is 18.0 Å². The Morgan fingerprint density at radius 2 is 1.49 bits per heavy atom. The number of anilines is 2. The molecule has 0 N–H and O–H groups in total. The van der Waals surface area contributed by atoms with Gasteiger partial charge in [-0.3, -0.25) is 9.80 Å². The number of ether oxygens (including phenoxy) is 3. The van der Waals surface area contributed by atoms with E-state index in [0.29, 0.717) is 44.3 Å². The minimum Gasteiger partial charge on any atom is -0.482 e. The van der Waals surface area contributed by atoms with Crippen molar-refractivity contribution in [2.45, 2.75) is 28.9 Å². The number of morpholine rings is 1. The summed E-state index contributed by atoms with van der Waals surface area (Å²) in [7, 11) is 0. The number of carbonyl (C=O) groups is 1. The van der Waals surface area contributed by atoms with Gasteiger partial charge in [-0.2, -0.15) is 13.2 Å². The molecule has 0 unspecified atom stereocenters. The molecular weight excluding hydrogens is 678 g/mol. The zero-order valence-corrected chi connectivity index (χ0v) is 29.4. The van der Waals surface area contributed by atoms with Crippen LogP contribution >= 0.6 is 11.8 Å². The number of benzene rings is 4. The molecule has 3 heterocycles. The molecule has 51 heavy (non-hydrogen) atoms. The highest BCUT2D eigenvalue weighted by molar-refractivity contribution is 7.99. The average molecular weight is 721 g/mol. The van der Waals surface area contributed by atoms with Crippen LogP contribution in [0.1, 0.15) is 17.5 Å². The summed E-state index contributed by atoms with van der Waals surface area (Å²) in [5.41, 5.74) is 2.01. The summed E-state index contributed by atoms with van der Waals surface area (Å²) in [6.07, 6.45) is -3.57. The maximum atomic E-state index is 13.6. The molecule has 0 saturated carbocycles. The second-order valence-corrected chi connectivity index (χ2v) is 14.2. The predicted octanol–water partition coefficient (Wildman–Crippen LogP) is 6.92. The smallest absolute Gasteiger partial charge is 0.416 e. The van der Waals surface area contributed by atoms with Crippen molar-refractivity contribution < 1.29 is 32.2 Å². The van der Waals surface area contributed by atoms with Crippen LogP contribution in [0.2, 0.25) is 0 Å². The Kier molecular flexibility index (Phi) is 11.3. The summed E-state index contributed by atoms with van der Waals surface area (Å²) in [5.74, 6) is 0.313. The number of rotatable bonds is 12. The summed E-state index contributed by atoms with van der Waals surface area (Å²) in [5, 5.41) is 2.26. The highest BCUT2D eigenvalue weighted by Crippen LogP contribution is 2.49. The third kappa shape index (κ3) is 8.81. The number of halogens is 3. The van der Waals surface area contributed by atoms with Gasteiger partial charge in [-0.05, 0) is 60.1 Å². The van der Waals surface area contributed by atoms with E-state index in [1.807, 2.05) is 53.4 Å². The number of fused-ring (bicyclic) bond motifs is 3. The summed E-state index contributed by atoms with van der Waals surface area (Å²) in [4.78, 5) is 23.6. The summed E-state index contributed by atoms with van der Waals surface area (Å²) in [6, 6.07) is 24.1. The van der Waals surface area contributed by atoms with Gasteiger partial charge in [0, 0.05) is 74.3 Å². The molecule has 4 aromatic carbocycles. The third-order valence-electron chi connectivity index (χ3n) is 9.77. The van der Waals surface area contributed by atoms with Crippen molar-refractivity contribution in [3.05, 3.63) is 90.0 Å². The number of hydrogen-bond acceptors (Lipinski definition) is 9. The van der Waals surface area contributed by atoms with Crippen LogP contribution in [0.3, 0.4) is 0 Å². The van der Waals surface area contributed by atoms with Crippen molar-refractivity contribution >= 4 is 39.9 Å². The van der Waals surface area contributed by atoms with E-state index in [4.69, 9.17) is 14.2 Å². The first kappa shape index (κ1) is 35.6. The average Bonchev–Trinajstić information content (AvgIpc) is 3.14. The number of carbonyl (C=O) groups excluding carboxylic acids is 1. The maximum Gasteiger partial charge on any atom is 0.416 e. The molecule has 0 bridgehead atoms. The first-order chi connectivity index (χ1) is 24.8. The Morgan fingerprint density at radius 3 is 2.29 bits per heavy atom. The Morgan fingerprint density at radius 1 is 0.765 bits per heavy atom. The van der Waals surface area contributed by atoms with Crippen molar-refractivity contribution in [1.29, 1.82) is 0 Å². The van der Waals surface area contributed by atoms with Gasteiger partial charge in [0.05, 0.1) is 30.2 Å². The topological polar surface area (TPSA) is 57.7 Å². The molecule has 2 saturated heterocycles. The molecule has 0 spiro atoms. The molecule has 7 rings (SSSR count). The first-order valence-corrected chi connectivity index (χ1v) is 18.4. The van der Waals surface area contributed by atoms with E-state index in [-0.39, 0.29) is 12.6 Å². The fraction of sp³-hybridized carbons (Fsp3) is 0.410. The number of esters is 1. The van der Waals surface area contributed by atoms with Crippen LogP contribution in [0, 0.1) is 0 Å². The lowest BCUT2D eigenvalue weighted by atomic mass is 10.0. The van der Waals surface area contributed by atoms with Crippen LogP contribution in [0.4, 0.5) is 24.5 Å². The van der Waals surface area contributed by atoms with E-state index in [0.717, 1.165) is 90.6 Å². The Hall–Kier alpha value is -3.81. The van der Waals surface area contributed by atoms with Gasteiger partial charge < -0.3 is 24.0 Å². The van der Waals surface area contributed by atoms with E-state index >= 15 is 0 Å². The molecule has 0 amide bonds. The molecule has 0 aromatic heterocycles. The molecule has 8 nitrogen and oxygen atoms in total. The van der Waals surface area contributed by atoms with Crippen LogP contribution in [0.5, 0.6) is 5.75 Å². The Bertz CT molecular complexity index is 1810. The second-order valence-electron chi connectivity index (χ2n) is 13.1. The maximum absolute atomic E-state index is 13.6. The summed E-state index contributed by atoms with van der Waals surface area (Å²) < 4.78 is 57.9. The van der Waals surface area contributed by atoms with Crippen LogP contribution in [-0.4, -0.2) is 106 Å². The van der Waals surface area contributed by atoms with Crippen LogP contribution < -0.4 is 9.64 Å². The fourth-order valence-corrected chi connectivity index (χ4v) is 8.08. The van der Waals surface area contributed by atoms with E-state index in [1.54, 1.807) is 6.07 Å². The molecule has 3 aliphatic rings. The quantitative estimate of drug-likeness (QED) is 0.145. The molecule has 12 heteroatoms. The van der Waals surface area contributed by atoms with E-state index in [2.05, 4.69) is 26.8 Å². The number of alkyl halides is 3. The van der Waals surface area contributed by atoms with E-state index < -0.39 is 11.7 Å². The lowest BCUT2D eigenvalue weighted by Crippen LogP contribution is -2.47. The lowest BCUT2D eigenvalue weighted by Gasteiger charge is -2.36. The van der Waals surface area contributed by atoms with Crippen molar-refractivity contribution in [3.63, 3.8) is 0 Å². The Labute approximate surface area is 301 Å². The number of nitrogens with zero attached hydrogens (tertiary/aromatic N) is 4. The van der Waals surface area contributed by atoms with Crippen LogP contribution in [0.25, 0.3) is 10.8 Å². The van der Waals surface area contributed by atoms with Crippen molar-refractivity contribution in [2.24, 2.45) is 0 Å². The molecule has 3 aliphatic heterocycles. The minimum absolute atomic E-state index is 0.148. The molecule has 0 aliphatic carbocycles. The third-order valence-corrected chi connectivity index (χ3v) is 10.9. The lowest BCUT2D eigenvalue weighted by molar-refractivity contribution is -0.146. The van der Waals surface area contributed by atoms with Crippen molar-refractivity contribution in [1.82, 2.24) is 14.7 Å². The molecule has 2 fully saturated rings. The largest absolute Gasteiger partial charge is 0.482 e. The molecule has 0 radical (unpaired) electrons. The zero-order chi connectivity index (χ0) is 35.2. The number of para-hydroxylation sites is 1. The standard InChI is InChI=1S/C39H43F3N4O4S/c40-39(41,42)30-11-13-37-34(26-30)46(33-8-3-4-9-36(33)51-37)15-5-14-43-16-18-44(19-17-43)22-25-49-38(47)28-50-35-12-10-29-6-1-2-7-31(29)32(35)27-45-20-23-48-24-21-45/h1-4,6-13,26H,5,14-25,27-28H2. The first-order valence-electron chi connectivity index (χ1n) is 17.6. The van der Waals surface area contributed by atoms with Gasteiger partial charge >= 0.3 is 12.1 Å². The van der Waals surface area contributed by atoms with Crippen LogP contribution in [-0.2, 0) is 27.0 Å². The molecular formula is C39H43F3N4O4S. The van der Waals surface area contributed by atoms with Gasteiger partial charge in [-0.15, -0.1) is 0 Å². The van der Waals surface area contributed by atoms with Gasteiger partial charge in [0.2, 0.25) is 0 Å². The fourth-order valence-electron chi connectivity index (χ4n) is 7.00. The van der Waals surface area contributed by atoms with E-state index in [1.165, 1.54) is 23.9 Å². The van der Waals surface area contributed by atoms with Gasteiger partial charge in [0.25, 0.3) is 0 Å². The van der Waals surface area contributed by atoms with Crippen molar-refractivity contribution in [3.8, 4) is 5.75 Å². The Balaban J connectivity index is 0.851. The van der Waals surface area contributed by atoms with Gasteiger partial charge in [-0.1, -0.05) is 54.2 Å². The predicted molar refractivity (Wildman–Crippen MR) is 193 cm³/mol. The molecule has 0 atom stereocenters. The zero-order valence-electron chi connectivity index (χ0n) is 28.6. The highest BCUT2D eigenvalue weighted by Gasteiger charge is 2.33. The normalized spacial score (nSPS) is 17.3. The second kappa shape index (κ2) is 16.2. The van der Waals surface area contributed by atoms with Gasteiger partial charge in [-0.25, -0.2) is 4.79 Å².